The number of benzene rings is 1. The van der Waals surface area contributed by atoms with Crippen LogP contribution in [-0.2, 0) is 4.84 Å². The maximum absolute atomic E-state index is 13.9. The van der Waals surface area contributed by atoms with E-state index in [1.54, 1.807) is 23.0 Å². The molecule has 152 valence electrons. The Balaban J connectivity index is 1.65. The molecule has 1 atom stereocenters. The highest BCUT2D eigenvalue weighted by Gasteiger charge is 2.30. The molecule has 10 heteroatoms. The lowest BCUT2D eigenvalue weighted by atomic mass is 10.1. The second-order valence-electron chi connectivity index (χ2n) is 7.18. The molecule has 0 radical (unpaired) electrons. The van der Waals surface area contributed by atoms with Gasteiger partial charge < -0.3 is 20.2 Å². The van der Waals surface area contributed by atoms with Crippen molar-refractivity contribution in [2.45, 2.75) is 32.5 Å². The summed E-state index contributed by atoms with van der Waals surface area (Å²) in [5, 5.41) is 15.0. The summed E-state index contributed by atoms with van der Waals surface area (Å²) in [7, 11) is 1.50. The molecular formula is C19H20ClFN6O2. The van der Waals surface area contributed by atoms with Crippen LogP contribution in [0.4, 0.5) is 10.2 Å². The number of aromatic nitrogens is 3. The minimum atomic E-state index is -0.596. The fourth-order valence-corrected chi connectivity index (χ4v) is 3.43. The number of nitrogens with zero attached hydrogens (tertiary/aromatic N) is 4. The predicted octanol–water partition coefficient (Wildman–Crippen LogP) is 3.72. The van der Waals surface area contributed by atoms with Crippen LogP contribution >= 0.6 is 11.6 Å². The highest BCUT2D eigenvalue weighted by molar-refractivity contribution is 6.32. The molecule has 0 bridgehead atoms. The molecule has 1 aromatic carbocycles. The monoisotopic (exact) mass is 418 g/mol. The van der Waals surface area contributed by atoms with Crippen molar-refractivity contribution >= 4 is 28.9 Å². The van der Waals surface area contributed by atoms with Gasteiger partial charge in [-0.05, 0) is 39.0 Å². The molecule has 0 aliphatic carbocycles. The molecule has 0 spiro atoms. The molecule has 0 fully saturated rings. The van der Waals surface area contributed by atoms with Gasteiger partial charge in [0.05, 0.1) is 29.9 Å². The number of methoxy groups -OCH3 is 1. The van der Waals surface area contributed by atoms with E-state index in [2.05, 4.69) is 25.9 Å². The van der Waals surface area contributed by atoms with Crippen molar-refractivity contribution in [3.05, 3.63) is 52.6 Å². The van der Waals surface area contributed by atoms with E-state index in [9.17, 15) is 4.39 Å². The van der Waals surface area contributed by atoms with Crippen LogP contribution in [0.5, 0.6) is 5.75 Å². The number of fused-ring (bicyclic) bond motifs is 1. The van der Waals surface area contributed by atoms with Gasteiger partial charge in [-0.2, -0.15) is 5.10 Å². The summed E-state index contributed by atoms with van der Waals surface area (Å²) in [5.74, 6) is 1.12. The van der Waals surface area contributed by atoms with Gasteiger partial charge in [0, 0.05) is 11.8 Å². The number of nitrogens with one attached hydrogen (secondary N) is 2. The highest BCUT2D eigenvalue weighted by Crippen LogP contribution is 2.35. The summed E-state index contributed by atoms with van der Waals surface area (Å²) in [4.78, 5) is 10.00. The van der Waals surface area contributed by atoms with E-state index in [1.807, 2.05) is 20.8 Å². The van der Waals surface area contributed by atoms with Crippen molar-refractivity contribution in [3.8, 4) is 5.75 Å². The van der Waals surface area contributed by atoms with Gasteiger partial charge in [-0.15, -0.1) is 0 Å². The number of hydrogen-bond donors (Lipinski definition) is 2. The third kappa shape index (κ3) is 3.65. The number of amidine groups is 1. The van der Waals surface area contributed by atoms with Crippen molar-refractivity contribution in [3.63, 3.8) is 0 Å². The summed E-state index contributed by atoms with van der Waals surface area (Å²) in [6.07, 6.45) is 3.44. The zero-order chi connectivity index (χ0) is 20.8. The molecule has 2 aromatic heterocycles. The van der Waals surface area contributed by atoms with E-state index in [0.29, 0.717) is 34.2 Å². The maximum atomic E-state index is 13.9. The van der Waals surface area contributed by atoms with Crippen molar-refractivity contribution in [2.24, 2.45) is 5.16 Å². The first-order valence-corrected chi connectivity index (χ1v) is 9.34. The molecule has 8 nitrogen and oxygen atoms in total. The lowest BCUT2D eigenvalue weighted by Gasteiger charge is -2.19. The second-order valence-corrected chi connectivity index (χ2v) is 7.59. The summed E-state index contributed by atoms with van der Waals surface area (Å²) >= 11 is 6.11. The molecular weight excluding hydrogens is 399 g/mol. The van der Waals surface area contributed by atoms with Gasteiger partial charge >= 0.3 is 0 Å². The average molecular weight is 419 g/mol. The van der Waals surface area contributed by atoms with Crippen molar-refractivity contribution < 1.29 is 14.0 Å². The highest BCUT2D eigenvalue weighted by atomic mass is 35.5. The predicted molar refractivity (Wildman–Crippen MR) is 108 cm³/mol. The quantitative estimate of drug-likeness (QED) is 0.656. The van der Waals surface area contributed by atoms with Crippen LogP contribution in [-0.4, -0.2) is 33.3 Å². The molecule has 3 heterocycles. The third-order valence-electron chi connectivity index (χ3n) is 4.48. The smallest absolute Gasteiger partial charge is 0.203 e. The molecule has 29 heavy (non-hydrogen) atoms. The first kappa shape index (κ1) is 19.3. The summed E-state index contributed by atoms with van der Waals surface area (Å²) < 4.78 is 20.9. The van der Waals surface area contributed by atoms with E-state index < -0.39 is 11.5 Å². The zero-order valence-corrected chi connectivity index (χ0v) is 17.1. The van der Waals surface area contributed by atoms with E-state index in [4.69, 9.17) is 21.2 Å². The lowest BCUT2D eigenvalue weighted by Crippen LogP contribution is -2.38. The average Bonchev–Trinajstić information content (AvgIpc) is 3.23. The van der Waals surface area contributed by atoms with Crippen LogP contribution < -0.4 is 15.4 Å². The molecule has 0 saturated heterocycles. The fourth-order valence-electron chi connectivity index (χ4n) is 3.14. The number of rotatable bonds is 5. The normalized spacial score (nSPS) is 16.1. The van der Waals surface area contributed by atoms with Crippen molar-refractivity contribution in [1.82, 2.24) is 19.9 Å². The number of oxime groups is 1. The molecule has 3 aromatic rings. The Morgan fingerprint density at radius 2 is 2.17 bits per heavy atom. The summed E-state index contributed by atoms with van der Waals surface area (Å²) in [6, 6.07) is 4.07. The fraction of sp³-hybridized carbons (Fsp3) is 0.316. The van der Waals surface area contributed by atoms with Crippen LogP contribution in [0.2, 0.25) is 5.02 Å². The van der Waals surface area contributed by atoms with Crippen LogP contribution in [0.3, 0.4) is 0 Å². The Morgan fingerprint density at radius 3 is 2.86 bits per heavy atom. The minimum absolute atomic E-state index is 0.213. The van der Waals surface area contributed by atoms with E-state index in [1.165, 1.54) is 19.2 Å². The zero-order valence-electron chi connectivity index (χ0n) is 16.3. The Bertz CT molecular complexity index is 1110. The Labute approximate surface area is 171 Å². The van der Waals surface area contributed by atoms with Gasteiger partial charge in [-0.1, -0.05) is 16.8 Å². The summed E-state index contributed by atoms with van der Waals surface area (Å²) in [5.41, 5.74) is 1.29. The number of halogens is 2. The standard InChI is InChI=1S/C19H20ClFN6O2/c1-10(12-7-11(21)8-14(20)16(12)28-4)23-15-5-6-27-18(24-15)13(9-22-27)17-25-19(2,3)29-26-17/h5-10H,1-4H3,(H,23,24)(H,25,26)/t10-/m1/s1. The van der Waals surface area contributed by atoms with Gasteiger partial charge in [0.15, 0.2) is 11.5 Å². The van der Waals surface area contributed by atoms with Crippen molar-refractivity contribution in [2.75, 3.05) is 12.4 Å². The third-order valence-corrected chi connectivity index (χ3v) is 4.76. The maximum Gasteiger partial charge on any atom is 0.203 e. The molecule has 4 rings (SSSR count). The number of anilines is 1. The largest absolute Gasteiger partial charge is 0.495 e. The molecule has 1 aliphatic heterocycles. The lowest BCUT2D eigenvalue weighted by molar-refractivity contribution is -0.00234. The number of hydrogen-bond acceptors (Lipinski definition) is 7. The van der Waals surface area contributed by atoms with Gasteiger partial charge in [0.1, 0.15) is 17.4 Å². The van der Waals surface area contributed by atoms with Crippen molar-refractivity contribution in [1.29, 1.82) is 0 Å². The van der Waals surface area contributed by atoms with Gasteiger partial charge in [-0.25, -0.2) is 13.9 Å². The molecule has 0 unspecified atom stereocenters. The van der Waals surface area contributed by atoms with E-state index in [0.717, 1.165) is 0 Å². The van der Waals surface area contributed by atoms with Gasteiger partial charge in [0.25, 0.3) is 0 Å². The Kier molecular flexibility index (Phi) is 4.70. The van der Waals surface area contributed by atoms with Crippen LogP contribution in [0.15, 0.2) is 35.7 Å². The summed E-state index contributed by atoms with van der Waals surface area (Å²) in [6.45, 7) is 5.61. The van der Waals surface area contributed by atoms with E-state index >= 15 is 0 Å². The SMILES string of the molecule is COc1c(Cl)cc(F)cc1[C@@H](C)Nc1ccn2ncc(C3=NOC(C)(C)N3)c2n1. The number of ether oxygens (including phenoxy) is 1. The van der Waals surface area contributed by atoms with Crippen LogP contribution in [0, 0.1) is 5.82 Å². The van der Waals surface area contributed by atoms with Crippen LogP contribution in [0.1, 0.15) is 37.9 Å². The Hall–Kier alpha value is -3.07. The molecule has 2 N–H and O–H groups in total. The minimum Gasteiger partial charge on any atom is -0.495 e. The van der Waals surface area contributed by atoms with E-state index in [-0.39, 0.29) is 11.1 Å². The molecule has 1 aliphatic rings. The Morgan fingerprint density at radius 1 is 1.38 bits per heavy atom. The van der Waals surface area contributed by atoms with Crippen LogP contribution in [0.25, 0.3) is 5.65 Å². The molecule has 0 saturated carbocycles. The molecule has 0 amide bonds. The first-order chi connectivity index (χ1) is 13.8. The van der Waals surface area contributed by atoms with Gasteiger partial charge in [0.2, 0.25) is 5.72 Å². The second kappa shape index (κ2) is 7.07. The topological polar surface area (TPSA) is 85.1 Å². The first-order valence-electron chi connectivity index (χ1n) is 8.96. The van der Waals surface area contributed by atoms with Gasteiger partial charge in [-0.3, -0.25) is 0 Å².